The summed E-state index contributed by atoms with van der Waals surface area (Å²) in [6.45, 7) is 6.66. The zero-order valence-corrected chi connectivity index (χ0v) is 12.5. The summed E-state index contributed by atoms with van der Waals surface area (Å²) in [5, 5.41) is 15.1. The molecule has 0 aromatic heterocycles. The second-order valence-corrected chi connectivity index (χ2v) is 5.79. The lowest BCUT2D eigenvalue weighted by atomic mass is 9.85. The van der Waals surface area contributed by atoms with Crippen LogP contribution in [0.15, 0.2) is 35.4 Å². The normalized spacial score (nSPS) is 14.3. The van der Waals surface area contributed by atoms with Crippen LogP contribution >= 0.6 is 0 Å². The Bertz CT molecular complexity index is 594. The number of carbonyl (C=O) groups excluding carboxylic acids is 1. The third kappa shape index (κ3) is 3.13. The molecule has 1 heterocycles. The largest absolute Gasteiger partial charge is 0.481 e. The summed E-state index contributed by atoms with van der Waals surface area (Å²) in [5.74, 6) is -0.992. The van der Waals surface area contributed by atoms with Gasteiger partial charge in [-0.25, -0.2) is 0 Å². The minimum atomic E-state index is -0.946. The van der Waals surface area contributed by atoms with Gasteiger partial charge in [0.2, 0.25) is 0 Å². The van der Waals surface area contributed by atoms with Gasteiger partial charge >= 0.3 is 5.97 Å². The number of nitrogens with one attached hydrogen (secondary N) is 2. The van der Waals surface area contributed by atoms with Crippen LogP contribution in [0.5, 0.6) is 0 Å². The monoisotopic (exact) mass is 288 g/mol. The second kappa shape index (κ2) is 5.69. The summed E-state index contributed by atoms with van der Waals surface area (Å²) in [4.78, 5) is 23.3. The topological polar surface area (TPSA) is 78.4 Å². The van der Waals surface area contributed by atoms with Gasteiger partial charge in [0.25, 0.3) is 5.91 Å². The number of carbonyl (C=O) groups is 2. The van der Waals surface area contributed by atoms with E-state index in [0.29, 0.717) is 11.3 Å². The highest BCUT2D eigenvalue weighted by molar-refractivity contribution is 6.04. The molecule has 0 aliphatic carbocycles. The van der Waals surface area contributed by atoms with Crippen LogP contribution in [-0.4, -0.2) is 30.1 Å². The van der Waals surface area contributed by atoms with Crippen molar-refractivity contribution in [2.75, 3.05) is 18.4 Å². The van der Waals surface area contributed by atoms with Crippen molar-refractivity contribution < 1.29 is 14.7 Å². The van der Waals surface area contributed by atoms with Crippen molar-refractivity contribution >= 4 is 17.6 Å². The maximum absolute atomic E-state index is 12.0. The molecule has 5 heteroatoms. The molecule has 1 fully saturated rings. The van der Waals surface area contributed by atoms with Crippen molar-refractivity contribution in [3.05, 3.63) is 41.0 Å². The third-order valence-electron chi connectivity index (χ3n) is 3.95. The van der Waals surface area contributed by atoms with Crippen LogP contribution < -0.4 is 10.6 Å². The molecule has 0 atom stereocenters. The second-order valence-electron chi connectivity index (χ2n) is 5.79. The maximum atomic E-state index is 12.0. The third-order valence-corrected chi connectivity index (χ3v) is 3.95. The number of hydrogen-bond acceptors (Lipinski definition) is 3. The van der Waals surface area contributed by atoms with Crippen molar-refractivity contribution in [3.8, 4) is 0 Å². The molecule has 1 aliphatic rings. The molecule has 2 rings (SSSR count). The summed E-state index contributed by atoms with van der Waals surface area (Å²) in [6, 6.07) is 6.93. The van der Waals surface area contributed by atoms with E-state index in [9.17, 15) is 14.7 Å². The Morgan fingerprint density at radius 2 is 1.76 bits per heavy atom. The van der Waals surface area contributed by atoms with E-state index >= 15 is 0 Å². The molecule has 0 radical (unpaired) electrons. The van der Waals surface area contributed by atoms with Crippen LogP contribution in [0.2, 0.25) is 0 Å². The molecule has 1 aliphatic heterocycles. The summed E-state index contributed by atoms with van der Waals surface area (Å²) in [5.41, 5.74) is 2.28. The number of benzene rings is 1. The van der Waals surface area contributed by atoms with E-state index < -0.39 is 11.4 Å². The van der Waals surface area contributed by atoms with Crippen molar-refractivity contribution in [1.82, 2.24) is 5.32 Å². The number of rotatable bonds is 4. The molecule has 21 heavy (non-hydrogen) atoms. The molecule has 1 aromatic carbocycles. The highest BCUT2D eigenvalue weighted by atomic mass is 16.4. The molecule has 1 saturated heterocycles. The SMILES string of the molecule is CC(C(=O)Nc1ccc(C(C)(C)C(=O)O)cc1)=C1CNC1. The van der Waals surface area contributed by atoms with Crippen molar-refractivity contribution in [3.63, 3.8) is 0 Å². The summed E-state index contributed by atoms with van der Waals surface area (Å²) < 4.78 is 0. The van der Waals surface area contributed by atoms with Crippen LogP contribution in [0.3, 0.4) is 0 Å². The van der Waals surface area contributed by atoms with Gasteiger partial charge in [0.05, 0.1) is 5.41 Å². The average Bonchev–Trinajstić information content (AvgIpc) is 2.37. The Kier molecular flexibility index (Phi) is 4.14. The quantitative estimate of drug-likeness (QED) is 0.740. The van der Waals surface area contributed by atoms with Gasteiger partial charge in [-0.2, -0.15) is 0 Å². The first-order valence-corrected chi connectivity index (χ1v) is 6.87. The van der Waals surface area contributed by atoms with Gasteiger partial charge in [-0.1, -0.05) is 12.1 Å². The molecule has 1 aromatic rings. The highest BCUT2D eigenvalue weighted by Gasteiger charge is 2.29. The van der Waals surface area contributed by atoms with E-state index in [4.69, 9.17) is 0 Å². The fraction of sp³-hybridized carbons (Fsp3) is 0.375. The highest BCUT2D eigenvalue weighted by Crippen LogP contribution is 2.25. The lowest BCUT2D eigenvalue weighted by molar-refractivity contribution is -0.142. The lowest BCUT2D eigenvalue weighted by Crippen LogP contribution is -2.36. The molecule has 0 bridgehead atoms. The van der Waals surface area contributed by atoms with Crippen LogP contribution in [0, 0.1) is 0 Å². The van der Waals surface area contributed by atoms with Gasteiger partial charge in [-0.15, -0.1) is 0 Å². The molecule has 3 N–H and O–H groups in total. The van der Waals surface area contributed by atoms with Gasteiger partial charge in [0, 0.05) is 24.4 Å². The lowest BCUT2D eigenvalue weighted by Gasteiger charge is -2.22. The van der Waals surface area contributed by atoms with Gasteiger partial charge in [-0.3, -0.25) is 9.59 Å². The fourth-order valence-corrected chi connectivity index (χ4v) is 1.99. The summed E-state index contributed by atoms with van der Waals surface area (Å²) in [6.07, 6.45) is 0. The zero-order valence-electron chi connectivity index (χ0n) is 12.5. The van der Waals surface area contributed by atoms with Crippen molar-refractivity contribution in [2.24, 2.45) is 0 Å². The van der Waals surface area contributed by atoms with Crippen molar-refractivity contribution in [2.45, 2.75) is 26.2 Å². The molecule has 112 valence electrons. The van der Waals surface area contributed by atoms with E-state index in [1.54, 1.807) is 38.1 Å². The number of carboxylic acid groups (broad SMARTS) is 1. The molecule has 5 nitrogen and oxygen atoms in total. The predicted octanol–water partition coefficient (Wildman–Crippen LogP) is 1.91. The van der Waals surface area contributed by atoms with Crippen LogP contribution in [0.1, 0.15) is 26.3 Å². The van der Waals surface area contributed by atoms with Gasteiger partial charge in [0.1, 0.15) is 0 Å². The van der Waals surface area contributed by atoms with Gasteiger partial charge in [-0.05, 0) is 44.0 Å². The van der Waals surface area contributed by atoms with E-state index in [1.165, 1.54) is 0 Å². The Labute approximate surface area is 124 Å². The molecule has 0 saturated carbocycles. The number of anilines is 1. The summed E-state index contributed by atoms with van der Waals surface area (Å²) in [7, 11) is 0. The molecular weight excluding hydrogens is 268 g/mol. The standard InChI is InChI=1S/C16H20N2O3/c1-10(11-8-17-9-11)14(19)18-13-6-4-12(5-7-13)16(2,3)15(20)21/h4-7,17H,8-9H2,1-3H3,(H,18,19)(H,20,21). The minimum absolute atomic E-state index is 0.114. The number of carboxylic acids is 1. The van der Waals surface area contributed by atoms with Gasteiger partial charge < -0.3 is 15.7 Å². The molecule has 0 unspecified atom stereocenters. The smallest absolute Gasteiger partial charge is 0.313 e. The molecule has 1 amide bonds. The first-order chi connectivity index (χ1) is 9.82. The first-order valence-electron chi connectivity index (χ1n) is 6.87. The van der Waals surface area contributed by atoms with E-state index in [2.05, 4.69) is 10.6 Å². The van der Waals surface area contributed by atoms with Crippen LogP contribution in [0.4, 0.5) is 5.69 Å². The van der Waals surface area contributed by atoms with Gasteiger partial charge in [0.15, 0.2) is 0 Å². The maximum Gasteiger partial charge on any atom is 0.313 e. The number of amides is 1. The zero-order chi connectivity index (χ0) is 15.6. The molecular formula is C16H20N2O3. The Balaban J connectivity index is 2.10. The number of aliphatic carboxylic acids is 1. The summed E-state index contributed by atoms with van der Waals surface area (Å²) >= 11 is 0. The Hall–Kier alpha value is -2.14. The average molecular weight is 288 g/mol. The molecule has 0 spiro atoms. The van der Waals surface area contributed by atoms with E-state index in [1.807, 2.05) is 6.92 Å². The first kappa shape index (κ1) is 15.3. The number of hydrogen-bond donors (Lipinski definition) is 3. The van der Waals surface area contributed by atoms with Crippen LogP contribution in [-0.2, 0) is 15.0 Å². The van der Waals surface area contributed by atoms with E-state index in [0.717, 1.165) is 24.2 Å². The van der Waals surface area contributed by atoms with Crippen molar-refractivity contribution in [1.29, 1.82) is 0 Å². The fourth-order valence-electron chi connectivity index (χ4n) is 1.99. The predicted molar refractivity (Wildman–Crippen MR) is 81.3 cm³/mol. The van der Waals surface area contributed by atoms with Crippen LogP contribution in [0.25, 0.3) is 0 Å². The Morgan fingerprint density at radius 1 is 1.19 bits per heavy atom. The minimum Gasteiger partial charge on any atom is -0.481 e. The van der Waals surface area contributed by atoms with E-state index in [-0.39, 0.29) is 5.91 Å². The Morgan fingerprint density at radius 3 is 2.19 bits per heavy atom.